The maximum absolute atomic E-state index is 13.6. The second-order valence-corrected chi connectivity index (χ2v) is 8.21. The average molecular weight is 476 g/mol. The van der Waals surface area contributed by atoms with Gasteiger partial charge in [0.15, 0.2) is 0 Å². The summed E-state index contributed by atoms with van der Waals surface area (Å²) in [5, 5.41) is 0.890. The second-order valence-electron chi connectivity index (χ2n) is 7.80. The Morgan fingerprint density at radius 2 is 1.71 bits per heavy atom. The smallest absolute Gasteiger partial charge is 0.266 e. The van der Waals surface area contributed by atoms with E-state index in [9.17, 15) is 9.59 Å². The number of carbonyl (C=O) groups is 1. The highest BCUT2D eigenvalue weighted by Gasteiger charge is 2.27. The van der Waals surface area contributed by atoms with Gasteiger partial charge in [-0.3, -0.25) is 14.2 Å². The van der Waals surface area contributed by atoms with Crippen LogP contribution in [0, 0.1) is 0 Å². The van der Waals surface area contributed by atoms with Gasteiger partial charge in [0.25, 0.3) is 11.5 Å². The summed E-state index contributed by atoms with van der Waals surface area (Å²) in [4.78, 5) is 33.6. The van der Waals surface area contributed by atoms with Crippen LogP contribution in [-0.2, 0) is 0 Å². The SMILES string of the molecule is CCOc1ccc(-n2c(C(C)N(CC)C(=O)c3ccccc3Cl)nc3ccccc3c2=O)cc1. The highest BCUT2D eigenvalue weighted by molar-refractivity contribution is 6.33. The lowest BCUT2D eigenvalue weighted by atomic mass is 10.1. The van der Waals surface area contributed by atoms with E-state index in [-0.39, 0.29) is 11.5 Å². The monoisotopic (exact) mass is 475 g/mol. The number of hydrogen-bond donors (Lipinski definition) is 0. The van der Waals surface area contributed by atoms with Crippen LogP contribution in [0.2, 0.25) is 5.02 Å². The van der Waals surface area contributed by atoms with E-state index in [0.717, 1.165) is 0 Å². The maximum atomic E-state index is 13.6. The average Bonchev–Trinajstić information content (AvgIpc) is 2.85. The Hall–Kier alpha value is -3.64. The Morgan fingerprint density at radius 3 is 2.38 bits per heavy atom. The first-order chi connectivity index (χ1) is 16.5. The first-order valence-electron chi connectivity index (χ1n) is 11.3. The van der Waals surface area contributed by atoms with Crippen molar-refractivity contribution in [1.29, 1.82) is 0 Å². The molecule has 34 heavy (non-hydrogen) atoms. The van der Waals surface area contributed by atoms with E-state index in [1.54, 1.807) is 39.8 Å². The van der Waals surface area contributed by atoms with Crippen LogP contribution in [0.15, 0.2) is 77.6 Å². The van der Waals surface area contributed by atoms with Crippen LogP contribution in [0.5, 0.6) is 5.75 Å². The third-order valence-corrected chi connectivity index (χ3v) is 6.08. The molecule has 1 aromatic heterocycles. The molecule has 0 N–H and O–H groups in total. The van der Waals surface area contributed by atoms with Gasteiger partial charge in [-0.05, 0) is 69.3 Å². The van der Waals surface area contributed by atoms with Crippen molar-refractivity contribution < 1.29 is 9.53 Å². The lowest BCUT2D eigenvalue weighted by molar-refractivity contribution is 0.0693. The topological polar surface area (TPSA) is 64.4 Å². The molecule has 4 rings (SSSR count). The number of carbonyl (C=O) groups excluding carboxylic acids is 1. The van der Waals surface area contributed by atoms with Gasteiger partial charge in [-0.25, -0.2) is 4.98 Å². The lowest BCUT2D eigenvalue weighted by Crippen LogP contribution is -2.37. The number of halogens is 1. The standard InChI is InChI=1S/C27H26ClN3O3/c1-4-30(26(32)21-10-6-8-12-23(21)28)18(3)25-29-24-13-9-7-11-22(24)27(33)31(25)19-14-16-20(17-15-19)34-5-2/h6-18H,4-5H2,1-3H3. The molecular formula is C27H26ClN3O3. The minimum Gasteiger partial charge on any atom is -0.494 e. The molecule has 0 spiro atoms. The Morgan fingerprint density at radius 1 is 1.03 bits per heavy atom. The fraction of sp³-hybridized carbons (Fsp3) is 0.222. The van der Waals surface area contributed by atoms with Gasteiger partial charge in [-0.1, -0.05) is 35.9 Å². The molecule has 1 unspecified atom stereocenters. The van der Waals surface area contributed by atoms with E-state index >= 15 is 0 Å². The minimum atomic E-state index is -0.502. The molecule has 174 valence electrons. The van der Waals surface area contributed by atoms with Crippen molar-refractivity contribution in [2.24, 2.45) is 0 Å². The summed E-state index contributed by atoms with van der Waals surface area (Å²) in [6, 6.07) is 21.0. The summed E-state index contributed by atoms with van der Waals surface area (Å²) < 4.78 is 7.13. The Labute approximate surface area is 203 Å². The highest BCUT2D eigenvalue weighted by atomic mass is 35.5. The molecule has 4 aromatic rings. The largest absolute Gasteiger partial charge is 0.494 e. The summed E-state index contributed by atoms with van der Waals surface area (Å²) in [6.07, 6.45) is 0. The zero-order valence-corrected chi connectivity index (χ0v) is 20.1. The van der Waals surface area contributed by atoms with Gasteiger partial charge in [0.2, 0.25) is 0 Å². The first kappa shape index (κ1) is 23.5. The summed E-state index contributed by atoms with van der Waals surface area (Å²) >= 11 is 6.31. The number of benzene rings is 3. The fourth-order valence-electron chi connectivity index (χ4n) is 4.06. The number of para-hydroxylation sites is 1. The van der Waals surface area contributed by atoms with E-state index in [0.29, 0.717) is 51.9 Å². The van der Waals surface area contributed by atoms with Crippen LogP contribution >= 0.6 is 11.6 Å². The van der Waals surface area contributed by atoms with Crippen molar-refractivity contribution in [1.82, 2.24) is 14.5 Å². The molecule has 0 saturated carbocycles. The van der Waals surface area contributed by atoms with Gasteiger partial charge >= 0.3 is 0 Å². The highest BCUT2D eigenvalue weighted by Crippen LogP contribution is 2.27. The van der Waals surface area contributed by atoms with E-state index in [1.165, 1.54) is 0 Å². The number of hydrogen-bond acceptors (Lipinski definition) is 4. The Balaban J connectivity index is 1.88. The third kappa shape index (κ3) is 4.41. The predicted octanol–water partition coefficient (Wildman–Crippen LogP) is 5.66. The van der Waals surface area contributed by atoms with Crippen LogP contribution in [0.3, 0.4) is 0 Å². The Kier molecular flexibility index (Phi) is 6.98. The third-order valence-electron chi connectivity index (χ3n) is 5.75. The predicted molar refractivity (Wildman–Crippen MR) is 135 cm³/mol. The number of fused-ring (bicyclic) bond motifs is 1. The summed E-state index contributed by atoms with van der Waals surface area (Å²) in [6.45, 7) is 6.65. The minimum absolute atomic E-state index is 0.196. The fourth-order valence-corrected chi connectivity index (χ4v) is 4.28. The lowest BCUT2D eigenvalue weighted by Gasteiger charge is -2.30. The molecule has 0 aliphatic heterocycles. The van der Waals surface area contributed by atoms with E-state index in [1.807, 2.05) is 63.2 Å². The maximum Gasteiger partial charge on any atom is 0.266 e. The van der Waals surface area contributed by atoms with Crippen LogP contribution < -0.4 is 10.3 Å². The molecular weight excluding hydrogens is 450 g/mol. The summed E-state index contributed by atoms with van der Waals surface area (Å²) in [7, 11) is 0. The molecule has 0 radical (unpaired) electrons. The van der Waals surface area contributed by atoms with E-state index < -0.39 is 6.04 Å². The number of aromatic nitrogens is 2. The molecule has 6 nitrogen and oxygen atoms in total. The zero-order chi connectivity index (χ0) is 24.2. The van der Waals surface area contributed by atoms with Crippen molar-refractivity contribution in [3.63, 3.8) is 0 Å². The van der Waals surface area contributed by atoms with Crippen LogP contribution in [-0.4, -0.2) is 33.5 Å². The van der Waals surface area contributed by atoms with Crippen molar-refractivity contribution in [3.05, 3.63) is 99.6 Å². The molecule has 7 heteroatoms. The van der Waals surface area contributed by atoms with Crippen molar-refractivity contribution >= 4 is 28.4 Å². The van der Waals surface area contributed by atoms with E-state index in [4.69, 9.17) is 21.3 Å². The molecule has 3 aromatic carbocycles. The summed E-state index contributed by atoms with van der Waals surface area (Å²) in [5.74, 6) is 0.961. The number of amides is 1. The molecule has 0 saturated heterocycles. The first-order valence-corrected chi connectivity index (χ1v) is 11.6. The van der Waals surface area contributed by atoms with Crippen molar-refractivity contribution in [2.45, 2.75) is 26.8 Å². The number of ether oxygens (including phenoxy) is 1. The van der Waals surface area contributed by atoms with Gasteiger partial charge in [0.05, 0.1) is 39.8 Å². The molecule has 0 fully saturated rings. The summed E-state index contributed by atoms with van der Waals surface area (Å²) in [5.41, 5.74) is 1.44. The molecule has 1 atom stereocenters. The quantitative estimate of drug-likeness (QED) is 0.346. The number of rotatable bonds is 7. The van der Waals surface area contributed by atoms with Crippen molar-refractivity contribution in [2.75, 3.05) is 13.2 Å². The van der Waals surface area contributed by atoms with Crippen molar-refractivity contribution in [3.8, 4) is 11.4 Å². The normalized spacial score (nSPS) is 11.9. The zero-order valence-electron chi connectivity index (χ0n) is 19.4. The van der Waals surface area contributed by atoms with Crippen LogP contribution in [0.1, 0.15) is 43.0 Å². The Bertz CT molecular complexity index is 1380. The van der Waals surface area contributed by atoms with E-state index in [2.05, 4.69) is 0 Å². The van der Waals surface area contributed by atoms with Gasteiger partial charge in [0.1, 0.15) is 11.6 Å². The molecule has 1 amide bonds. The van der Waals surface area contributed by atoms with Crippen LogP contribution in [0.4, 0.5) is 0 Å². The van der Waals surface area contributed by atoms with Gasteiger partial charge in [0, 0.05) is 6.54 Å². The van der Waals surface area contributed by atoms with Crippen LogP contribution in [0.25, 0.3) is 16.6 Å². The van der Waals surface area contributed by atoms with Gasteiger partial charge in [-0.2, -0.15) is 0 Å². The van der Waals surface area contributed by atoms with Gasteiger partial charge in [-0.15, -0.1) is 0 Å². The second kappa shape index (κ2) is 10.1. The van der Waals surface area contributed by atoms with Gasteiger partial charge < -0.3 is 9.64 Å². The molecule has 1 heterocycles. The molecule has 0 bridgehead atoms. The molecule has 0 aliphatic rings. The number of nitrogens with zero attached hydrogens (tertiary/aromatic N) is 3. The molecule has 0 aliphatic carbocycles.